The number of aromatic nitrogens is 1. The molecule has 0 unspecified atom stereocenters. The van der Waals surface area contributed by atoms with Gasteiger partial charge in [0.15, 0.2) is 0 Å². The summed E-state index contributed by atoms with van der Waals surface area (Å²) in [5.41, 5.74) is 6.91. The highest BCUT2D eigenvalue weighted by Gasteiger charge is 2.03. The van der Waals surface area contributed by atoms with Gasteiger partial charge in [0.1, 0.15) is 0 Å². The molecule has 0 aliphatic rings. The zero-order chi connectivity index (χ0) is 8.97. The Morgan fingerprint density at radius 1 is 1.67 bits per heavy atom. The number of pyridine rings is 1. The second-order valence-electron chi connectivity index (χ2n) is 2.65. The van der Waals surface area contributed by atoms with Crippen molar-refractivity contribution in [2.24, 2.45) is 5.73 Å². The van der Waals surface area contributed by atoms with E-state index in [2.05, 4.69) is 11.9 Å². The molecule has 0 spiro atoms. The van der Waals surface area contributed by atoms with E-state index >= 15 is 0 Å². The molecule has 1 aromatic rings. The molecule has 0 aliphatic carbocycles. The van der Waals surface area contributed by atoms with Gasteiger partial charge in [-0.05, 0) is 18.1 Å². The summed E-state index contributed by atoms with van der Waals surface area (Å²) in [6, 6.07) is 3.87. The van der Waals surface area contributed by atoms with Crippen molar-refractivity contribution in [1.82, 2.24) is 4.98 Å². The Bertz CT molecular complexity index is 250. The van der Waals surface area contributed by atoms with Crippen LogP contribution in [-0.4, -0.2) is 12.1 Å². The van der Waals surface area contributed by atoms with E-state index in [-0.39, 0.29) is 6.04 Å². The Kier molecular flexibility index (Phi) is 3.05. The SMILES string of the molecule is CC[C@H](N)c1ccnc(OC)c1. The molecule has 0 radical (unpaired) electrons. The number of hydrogen-bond donors (Lipinski definition) is 1. The Labute approximate surface area is 72.6 Å². The number of rotatable bonds is 3. The molecule has 0 aromatic carbocycles. The van der Waals surface area contributed by atoms with Crippen molar-refractivity contribution >= 4 is 0 Å². The van der Waals surface area contributed by atoms with Gasteiger partial charge in [0, 0.05) is 18.3 Å². The van der Waals surface area contributed by atoms with Gasteiger partial charge in [-0.15, -0.1) is 0 Å². The summed E-state index contributed by atoms with van der Waals surface area (Å²) in [4.78, 5) is 4.00. The summed E-state index contributed by atoms with van der Waals surface area (Å²) >= 11 is 0. The van der Waals surface area contributed by atoms with Crippen molar-refractivity contribution in [2.45, 2.75) is 19.4 Å². The predicted molar refractivity (Wildman–Crippen MR) is 48.0 cm³/mol. The monoisotopic (exact) mass is 166 g/mol. The van der Waals surface area contributed by atoms with E-state index in [9.17, 15) is 0 Å². The quantitative estimate of drug-likeness (QED) is 0.740. The van der Waals surface area contributed by atoms with E-state index in [1.165, 1.54) is 0 Å². The van der Waals surface area contributed by atoms with E-state index in [1.807, 2.05) is 12.1 Å². The van der Waals surface area contributed by atoms with E-state index < -0.39 is 0 Å². The normalized spacial score (nSPS) is 12.6. The zero-order valence-electron chi connectivity index (χ0n) is 7.45. The van der Waals surface area contributed by atoms with Gasteiger partial charge in [-0.25, -0.2) is 4.98 Å². The van der Waals surface area contributed by atoms with E-state index in [0.29, 0.717) is 5.88 Å². The van der Waals surface area contributed by atoms with Gasteiger partial charge in [0.2, 0.25) is 5.88 Å². The first-order valence-electron chi connectivity index (χ1n) is 4.03. The third-order valence-corrected chi connectivity index (χ3v) is 1.84. The fraction of sp³-hybridized carbons (Fsp3) is 0.444. The summed E-state index contributed by atoms with van der Waals surface area (Å²) < 4.78 is 4.98. The Hall–Kier alpha value is -1.09. The molecule has 1 heterocycles. The van der Waals surface area contributed by atoms with Crippen LogP contribution in [0.3, 0.4) is 0 Å². The fourth-order valence-electron chi connectivity index (χ4n) is 1.00. The second-order valence-corrected chi connectivity index (χ2v) is 2.65. The van der Waals surface area contributed by atoms with Crippen LogP contribution in [0.15, 0.2) is 18.3 Å². The molecule has 1 rings (SSSR count). The maximum absolute atomic E-state index is 5.83. The zero-order valence-corrected chi connectivity index (χ0v) is 7.45. The average Bonchev–Trinajstić information content (AvgIpc) is 2.17. The first-order valence-corrected chi connectivity index (χ1v) is 4.03. The van der Waals surface area contributed by atoms with Gasteiger partial charge >= 0.3 is 0 Å². The number of ether oxygens (including phenoxy) is 1. The third-order valence-electron chi connectivity index (χ3n) is 1.84. The number of hydrogen-bond acceptors (Lipinski definition) is 3. The summed E-state index contributed by atoms with van der Waals surface area (Å²) in [5, 5.41) is 0. The lowest BCUT2D eigenvalue weighted by atomic mass is 10.1. The van der Waals surface area contributed by atoms with Crippen LogP contribution in [0.25, 0.3) is 0 Å². The largest absolute Gasteiger partial charge is 0.481 e. The van der Waals surface area contributed by atoms with Crippen LogP contribution in [0.2, 0.25) is 0 Å². The van der Waals surface area contributed by atoms with Gasteiger partial charge < -0.3 is 10.5 Å². The molecule has 0 bridgehead atoms. The smallest absolute Gasteiger partial charge is 0.213 e. The molecule has 0 fully saturated rings. The maximum Gasteiger partial charge on any atom is 0.213 e. The van der Waals surface area contributed by atoms with Gasteiger partial charge in [-0.1, -0.05) is 6.92 Å². The van der Waals surface area contributed by atoms with Gasteiger partial charge in [0.25, 0.3) is 0 Å². The van der Waals surface area contributed by atoms with Crippen LogP contribution < -0.4 is 10.5 Å². The Morgan fingerprint density at radius 2 is 2.42 bits per heavy atom. The summed E-state index contributed by atoms with van der Waals surface area (Å²) in [6.45, 7) is 2.05. The lowest BCUT2D eigenvalue weighted by Gasteiger charge is -2.09. The molecule has 3 heteroatoms. The average molecular weight is 166 g/mol. The minimum Gasteiger partial charge on any atom is -0.481 e. The fourth-order valence-corrected chi connectivity index (χ4v) is 1.00. The Balaban J connectivity index is 2.86. The molecule has 0 amide bonds. The van der Waals surface area contributed by atoms with Crippen molar-refractivity contribution in [2.75, 3.05) is 7.11 Å². The summed E-state index contributed by atoms with van der Waals surface area (Å²) in [5.74, 6) is 0.622. The molecule has 66 valence electrons. The molecule has 0 aliphatic heterocycles. The van der Waals surface area contributed by atoms with Crippen molar-refractivity contribution in [3.63, 3.8) is 0 Å². The van der Waals surface area contributed by atoms with E-state index in [0.717, 1.165) is 12.0 Å². The number of nitrogens with two attached hydrogens (primary N) is 1. The van der Waals surface area contributed by atoms with E-state index in [4.69, 9.17) is 10.5 Å². The minimum atomic E-state index is 0.0851. The van der Waals surface area contributed by atoms with Crippen molar-refractivity contribution in [3.8, 4) is 5.88 Å². The molecular formula is C9H14N2O. The van der Waals surface area contributed by atoms with E-state index in [1.54, 1.807) is 13.3 Å². The highest BCUT2D eigenvalue weighted by molar-refractivity contribution is 5.23. The summed E-state index contributed by atoms with van der Waals surface area (Å²) in [7, 11) is 1.60. The molecule has 3 nitrogen and oxygen atoms in total. The Morgan fingerprint density at radius 3 is 3.00 bits per heavy atom. The molecule has 0 saturated carbocycles. The molecule has 12 heavy (non-hydrogen) atoms. The highest BCUT2D eigenvalue weighted by Crippen LogP contribution is 2.16. The lowest BCUT2D eigenvalue weighted by molar-refractivity contribution is 0.396. The molecule has 1 atom stereocenters. The predicted octanol–water partition coefficient (Wildman–Crippen LogP) is 1.50. The van der Waals surface area contributed by atoms with Crippen LogP contribution in [-0.2, 0) is 0 Å². The van der Waals surface area contributed by atoms with Crippen LogP contribution in [0, 0.1) is 0 Å². The van der Waals surface area contributed by atoms with Crippen LogP contribution in [0.1, 0.15) is 24.9 Å². The van der Waals surface area contributed by atoms with Gasteiger partial charge in [-0.3, -0.25) is 0 Å². The van der Waals surface area contributed by atoms with Crippen molar-refractivity contribution < 1.29 is 4.74 Å². The molecule has 2 N–H and O–H groups in total. The molecule has 0 saturated heterocycles. The van der Waals surface area contributed by atoms with Crippen molar-refractivity contribution in [3.05, 3.63) is 23.9 Å². The molecular weight excluding hydrogens is 152 g/mol. The van der Waals surface area contributed by atoms with Gasteiger partial charge in [0.05, 0.1) is 7.11 Å². The first-order chi connectivity index (χ1) is 5.77. The lowest BCUT2D eigenvalue weighted by Crippen LogP contribution is -2.08. The number of methoxy groups -OCH3 is 1. The number of nitrogens with zero attached hydrogens (tertiary/aromatic N) is 1. The van der Waals surface area contributed by atoms with Crippen LogP contribution in [0.4, 0.5) is 0 Å². The minimum absolute atomic E-state index is 0.0851. The third kappa shape index (κ3) is 1.95. The standard InChI is InChI=1S/C9H14N2O/c1-3-8(10)7-4-5-11-9(6-7)12-2/h4-6,8H,3,10H2,1-2H3/t8-/m0/s1. The maximum atomic E-state index is 5.83. The molecule has 1 aromatic heterocycles. The van der Waals surface area contributed by atoms with Crippen LogP contribution >= 0.6 is 0 Å². The van der Waals surface area contributed by atoms with Crippen molar-refractivity contribution in [1.29, 1.82) is 0 Å². The second kappa shape index (κ2) is 4.07. The topological polar surface area (TPSA) is 48.1 Å². The van der Waals surface area contributed by atoms with Gasteiger partial charge in [-0.2, -0.15) is 0 Å². The van der Waals surface area contributed by atoms with Crippen LogP contribution in [0.5, 0.6) is 5.88 Å². The first kappa shape index (κ1) is 9.00. The summed E-state index contributed by atoms with van der Waals surface area (Å²) in [6.07, 6.45) is 2.64. The highest BCUT2D eigenvalue weighted by atomic mass is 16.5.